The van der Waals surface area contributed by atoms with Gasteiger partial charge in [-0.3, -0.25) is 4.99 Å². The summed E-state index contributed by atoms with van der Waals surface area (Å²) < 4.78 is 0. The number of hydrogen-bond donors (Lipinski definition) is 7. The molecule has 2 aliphatic carbocycles. The Morgan fingerprint density at radius 2 is 1.77 bits per heavy atom. The molecule has 2 aliphatic rings. The molecule has 0 bridgehead atoms. The van der Waals surface area contributed by atoms with Crippen molar-refractivity contribution in [2.75, 3.05) is 26.2 Å². The van der Waals surface area contributed by atoms with Crippen LogP contribution >= 0.6 is 0 Å². The van der Waals surface area contributed by atoms with E-state index >= 15 is 0 Å². The van der Waals surface area contributed by atoms with Gasteiger partial charge in [0.1, 0.15) is 0 Å². The number of nitrogens with one attached hydrogen (secondary N) is 3. The largest absolute Gasteiger partial charge is 0.396 e. The van der Waals surface area contributed by atoms with E-state index in [0.29, 0.717) is 64.1 Å². The van der Waals surface area contributed by atoms with Gasteiger partial charge in [-0.1, -0.05) is 60.7 Å². The van der Waals surface area contributed by atoms with E-state index in [2.05, 4.69) is 57.5 Å². The van der Waals surface area contributed by atoms with Gasteiger partial charge in [-0.25, -0.2) is 0 Å². The van der Waals surface area contributed by atoms with Gasteiger partial charge in [-0.2, -0.15) is 0 Å². The second-order valence-corrected chi connectivity index (χ2v) is 13.1. The minimum Gasteiger partial charge on any atom is -0.396 e. The molecule has 0 radical (unpaired) electrons. The van der Waals surface area contributed by atoms with Gasteiger partial charge < -0.3 is 36.0 Å². The number of benzene rings is 2. The highest BCUT2D eigenvalue weighted by molar-refractivity contribution is 5.80. The standard InChI is InChI=1S/C36H50N4O4/c1-25(21-29-22-28-11-6-7-12-32(28)40-29)27-13-15-35(2,43)30-24-33(42)36(44,31(30)23-27)16-19-39-34(37-17-8-20-41)38-18-14-26-9-4-3-5-10-26/h3-7,9-12,22,27,30-31,33,40-44H,1,8,13-21,23-24H2,2H3,(H2,37,38,39)/t27-,30-,31-,33-,35+,36+/m0/s1. The topological polar surface area (TPSA) is 133 Å². The third-order valence-electron chi connectivity index (χ3n) is 10.1. The Morgan fingerprint density at radius 1 is 1.02 bits per heavy atom. The highest BCUT2D eigenvalue weighted by Gasteiger charge is 2.59. The van der Waals surface area contributed by atoms with Crippen LogP contribution in [0.3, 0.4) is 0 Å². The molecular formula is C36H50N4O4. The summed E-state index contributed by atoms with van der Waals surface area (Å²) in [6.45, 7) is 8.01. The van der Waals surface area contributed by atoms with Crippen LogP contribution in [-0.2, 0) is 12.8 Å². The van der Waals surface area contributed by atoms with Crippen molar-refractivity contribution in [3.05, 3.63) is 84.1 Å². The second-order valence-electron chi connectivity index (χ2n) is 13.1. The van der Waals surface area contributed by atoms with E-state index in [1.54, 1.807) is 0 Å². The number of rotatable bonds is 12. The molecule has 8 nitrogen and oxygen atoms in total. The maximum atomic E-state index is 12.1. The maximum Gasteiger partial charge on any atom is 0.191 e. The summed E-state index contributed by atoms with van der Waals surface area (Å²) in [7, 11) is 0. The van der Waals surface area contributed by atoms with Crippen molar-refractivity contribution in [2.24, 2.45) is 22.7 Å². The van der Waals surface area contributed by atoms with Crippen LogP contribution in [0.5, 0.6) is 0 Å². The van der Waals surface area contributed by atoms with E-state index in [9.17, 15) is 20.4 Å². The predicted octanol–water partition coefficient (Wildman–Crippen LogP) is 4.10. The summed E-state index contributed by atoms with van der Waals surface area (Å²) in [5.41, 5.74) is 2.22. The molecule has 0 spiro atoms. The summed E-state index contributed by atoms with van der Waals surface area (Å²) in [6.07, 6.45) is 3.99. The van der Waals surface area contributed by atoms with Crippen LogP contribution in [0.2, 0.25) is 0 Å². The van der Waals surface area contributed by atoms with Crippen LogP contribution < -0.4 is 10.6 Å². The summed E-state index contributed by atoms with van der Waals surface area (Å²) in [4.78, 5) is 8.11. The highest BCUT2D eigenvalue weighted by Crippen LogP contribution is 2.54. The summed E-state index contributed by atoms with van der Waals surface area (Å²) in [5.74, 6) is 0.291. The van der Waals surface area contributed by atoms with Crippen molar-refractivity contribution in [1.29, 1.82) is 0 Å². The molecule has 1 aromatic heterocycles. The monoisotopic (exact) mass is 602 g/mol. The van der Waals surface area contributed by atoms with E-state index < -0.39 is 17.3 Å². The van der Waals surface area contributed by atoms with Crippen molar-refractivity contribution in [3.63, 3.8) is 0 Å². The van der Waals surface area contributed by atoms with E-state index in [4.69, 9.17) is 0 Å². The van der Waals surface area contributed by atoms with Gasteiger partial charge in [0, 0.05) is 43.9 Å². The number of para-hydroxylation sites is 1. The molecule has 5 rings (SSSR count). The first-order valence-electron chi connectivity index (χ1n) is 16.2. The fraction of sp³-hybridized carbons (Fsp3) is 0.528. The highest BCUT2D eigenvalue weighted by atomic mass is 16.3. The SMILES string of the molecule is C=C(Cc1cc2ccccc2[nH]1)[C@H]1CC[C@@](C)(O)[C@H]2C[C@H](O)[C@@](O)(CCNC(=NCCCO)NCCc3ccccc3)[C@H]2C1. The Labute approximate surface area is 261 Å². The Kier molecular flexibility index (Phi) is 10.5. The first-order chi connectivity index (χ1) is 21.2. The number of H-pyrrole nitrogens is 1. The lowest BCUT2D eigenvalue weighted by atomic mass is 9.73. The first kappa shape index (κ1) is 32.2. The van der Waals surface area contributed by atoms with Crippen molar-refractivity contribution in [2.45, 2.75) is 75.6 Å². The number of fused-ring (bicyclic) bond motifs is 2. The summed E-state index contributed by atoms with van der Waals surface area (Å²) in [6, 6.07) is 20.6. The molecule has 44 heavy (non-hydrogen) atoms. The number of aromatic amines is 1. The van der Waals surface area contributed by atoms with Crippen LogP contribution in [0.4, 0.5) is 0 Å². The molecule has 2 aromatic carbocycles. The molecule has 0 unspecified atom stereocenters. The molecule has 2 saturated carbocycles. The molecule has 7 N–H and O–H groups in total. The van der Waals surface area contributed by atoms with E-state index in [1.165, 1.54) is 10.9 Å². The number of aromatic nitrogens is 1. The minimum absolute atomic E-state index is 0.0719. The van der Waals surface area contributed by atoms with Crippen molar-refractivity contribution in [3.8, 4) is 0 Å². The van der Waals surface area contributed by atoms with Crippen molar-refractivity contribution >= 4 is 16.9 Å². The average molecular weight is 603 g/mol. The number of aliphatic hydroxyl groups excluding tert-OH is 2. The molecule has 0 aliphatic heterocycles. The number of aliphatic imine (C=N–C) groups is 1. The third-order valence-corrected chi connectivity index (χ3v) is 10.1. The third kappa shape index (κ3) is 7.54. The van der Waals surface area contributed by atoms with Gasteiger partial charge in [0.15, 0.2) is 5.96 Å². The van der Waals surface area contributed by atoms with Gasteiger partial charge >= 0.3 is 0 Å². The van der Waals surface area contributed by atoms with Crippen LogP contribution in [0, 0.1) is 17.8 Å². The van der Waals surface area contributed by atoms with E-state index in [1.807, 2.05) is 37.3 Å². The van der Waals surface area contributed by atoms with Gasteiger partial charge in [0.05, 0.1) is 17.3 Å². The number of allylic oxidation sites excluding steroid dienone is 1. The summed E-state index contributed by atoms with van der Waals surface area (Å²) in [5, 5.41) is 52.1. The molecule has 0 amide bonds. The lowest BCUT2D eigenvalue weighted by Gasteiger charge is -2.38. The van der Waals surface area contributed by atoms with Gasteiger partial charge in [-0.15, -0.1) is 0 Å². The second kappa shape index (κ2) is 14.3. The van der Waals surface area contributed by atoms with Crippen LogP contribution in [-0.4, -0.2) is 74.9 Å². The minimum atomic E-state index is -1.34. The number of aliphatic hydroxyl groups is 4. The number of nitrogens with zero attached hydrogens (tertiary/aromatic N) is 1. The molecule has 2 fully saturated rings. The van der Waals surface area contributed by atoms with Crippen LogP contribution in [0.1, 0.15) is 56.7 Å². The fourth-order valence-electron chi connectivity index (χ4n) is 7.46. The van der Waals surface area contributed by atoms with Gasteiger partial charge in [0.25, 0.3) is 0 Å². The normalized spacial score (nSPS) is 28.9. The lowest BCUT2D eigenvalue weighted by molar-refractivity contribution is -0.0997. The Morgan fingerprint density at radius 3 is 2.55 bits per heavy atom. The zero-order valence-corrected chi connectivity index (χ0v) is 26.0. The Bertz CT molecular complexity index is 1370. The van der Waals surface area contributed by atoms with Gasteiger partial charge in [0.2, 0.25) is 0 Å². The molecular weight excluding hydrogens is 552 g/mol. The zero-order valence-electron chi connectivity index (χ0n) is 26.0. The smallest absolute Gasteiger partial charge is 0.191 e. The quantitative estimate of drug-likeness (QED) is 0.0723. The first-order valence-corrected chi connectivity index (χ1v) is 16.2. The maximum absolute atomic E-state index is 12.1. The van der Waals surface area contributed by atoms with E-state index in [0.717, 1.165) is 29.6 Å². The molecule has 238 valence electrons. The van der Waals surface area contributed by atoms with Gasteiger partial charge in [-0.05, 0) is 92.7 Å². The molecule has 0 saturated heterocycles. The Hall–Kier alpha value is -3.17. The number of hydrogen-bond acceptors (Lipinski definition) is 5. The fourth-order valence-corrected chi connectivity index (χ4v) is 7.46. The Balaban J connectivity index is 1.24. The van der Waals surface area contributed by atoms with Crippen molar-refractivity contribution in [1.82, 2.24) is 15.6 Å². The van der Waals surface area contributed by atoms with E-state index in [-0.39, 0.29) is 24.4 Å². The molecule has 1 heterocycles. The summed E-state index contributed by atoms with van der Waals surface area (Å²) >= 11 is 0. The molecule has 6 atom stereocenters. The van der Waals surface area contributed by atoms with Crippen LogP contribution in [0.25, 0.3) is 10.9 Å². The predicted molar refractivity (Wildman–Crippen MR) is 176 cm³/mol. The zero-order chi connectivity index (χ0) is 31.2. The van der Waals surface area contributed by atoms with Crippen molar-refractivity contribution < 1.29 is 20.4 Å². The lowest BCUT2D eigenvalue weighted by Crippen LogP contribution is -2.49. The van der Waals surface area contributed by atoms with Crippen LogP contribution in [0.15, 0.2) is 77.8 Å². The number of guanidine groups is 1. The molecule has 3 aromatic rings. The average Bonchev–Trinajstić information content (AvgIpc) is 3.48. The molecule has 8 heteroatoms.